The van der Waals surface area contributed by atoms with Gasteiger partial charge in [0, 0.05) is 17.0 Å². The molecular weight excluding hydrogens is 398 g/mol. The minimum Gasteiger partial charge on any atom is -0.459 e. The number of hydrogen-bond donors (Lipinski definition) is 0. The average Bonchev–Trinajstić information content (AvgIpc) is 2.97. The first kappa shape index (κ1) is 20.5. The summed E-state index contributed by atoms with van der Waals surface area (Å²) in [5.41, 5.74) is 1.81. The molecule has 1 atom stereocenters. The standard InChI is InChI=1S/C24H21NO6/c1-13(2)21(25-22(27)17-6-4-5-7-18(17)23(25)28)24(29)30-12-15-11-20(26)31-19-10-14(3)8-9-16(15)19/h4-11,13,21H,12H2,1-3H3/t21-/m0/s1. The van der Waals surface area contributed by atoms with Crippen LogP contribution in [0.3, 0.4) is 0 Å². The highest BCUT2D eigenvalue weighted by Crippen LogP contribution is 2.28. The van der Waals surface area contributed by atoms with E-state index in [1.165, 1.54) is 6.07 Å². The van der Waals surface area contributed by atoms with Crippen LogP contribution in [-0.2, 0) is 16.1 Å². The Morgan fingerprint density at radius 2 is 1.65 bits per heavy atom. The minimum atomic E-state index is -1.08. The van der Waals surface area contributed by atoms with Crippen molar-refractivity contribution in [2.45, 2.75) is 33.4 Å². The Labute approximate surface area is 178 Å². The van der Waals surface area contributed by atoms with Crippen LogP contribution in [0.2, 0.25) is 0 Å². The van der Waals surface area contributed by atoms with Gasteiger partial charge < -0.3 is 9.15 Å². The zero-order chi connectivity index (χ0) is 22.3. The summed E-state index contributed by atoms with van der Waals surface area (Å²) >= 11 is 0. The second-order valence-corrected chi connectivity index (χ2v) is 7.91. The molecule has 0 bridgehead atoms. The van der Waals surface area contributed by atoms with Gasteiger partial charge in [0.05, 0.1) is 11.1 Å². The van der Waals surface area contributed by atoms with Gasteiger partial charge in [-0.3, -0.25) is 14.5 Å². The molecule has 7 nitrogen and oxygen atoms in total. The minimum absolute atomic E-state index is 0.184. The molecule has 2 heterocycles. The number of imide groups is 1. The van der Waals surface area contributed by atoms with Crippen molar-refractivity contribution >= 4 is 28.8 Å². The Kier molecular flexibility index (Phi) is 5.19. The van der Waals surface area contributed by atoms with Gasteiger partial charge in [-0.15, -0.1) is 0 Å². The van der Waals surface area contributed by atoms with Gasteiger partial charge >= 0.3 is 11.6 Å². The number of hydrogen-bond acceptors (Lipinski definition) is 6. The first-order valence-electron chi connectivity index (χ1n) is 9.95. The van der Waals surface area contributed by atoms with Crippen molar-refractivity contribution in [1.29, 1.82) is 0 Å². The molecule has 158 valence electrons. The van der Waals surface area contributed by atoms with Crippen LogP contribution in [0.5, 0.6) is 0 Å². The van der Waals surface area contributed by atoms with E-state index in [-0.39, 0.29) is 23.7 Å². The van der Waals surface area contributed by atoms with Crippen molar-refractivity contribution in [1.82, 2.24) is 4.90 Å². The lowest BCUT2D eigenvalue weighted by Crippen LogP contribution is -2.48. The van der Waals surface area contributed by atoms with Crippen molar-refractivity contribution in [3.05, 3.63) is 81.2 Å². The molecule has 0 saturated heterocycles. The van der Waals surface area contributed by atoms with Crippen LogP contribution >= 0.6 is 0 Å². The maximum atomic E-state index is 13.0. The Morgan fingerprint density at radius 1 is 1.00 bits per heavy atom. The molecule has 0 fully saturated rings. The SMILES string of the molecule is Cc1ccc2c(COC(=O)[C@H](C(C)C)N3C(=O)c4ccccc4C3=O)cc(=O)oc2c1. The van der Waals surface area contributed by atoms with Gasteiger partial charge in [-0.2, -0.15) is 0 Å². The number of ether oxygens (including phenoxy) is 1. The number of nitrogens with zero attached hydrogens (tertiary/aromatic N) is 1. The van der Waals surface area contributed by atoms with Crippen LogP contribution in [0.4, 0.5) is 0 Å². The highest BCUT2D eigenvalue weighted by Gasteiger charge is 2.44. The van der Waals surface area contributed by atoms with Crippen LogP contribution in [0.25, 0.3) is 11.0 Å². The van der Waals surface area contributed by atoms with Gasteiger partial charge in [-0.1, -0.05) is 38.1 Å². The third-order valence-corrected chi connectivity index (χ3v) is 5.33. The zero-order valence-corrected chi connectivity index (χ0v) is 17.4. The largest absolute Gasteiger partial charge is 0.459 e. The van der Waals surface area contributed by atoms with E-state index in [4.69, 9.17) is 9.15 Å². The van der Waals surface area contributed by atoms with Gasteiger partial charge in [-0.05, 0) is 36.6 Å². The molecule has 3 aromatic rings. The Morgan fingerprint density at radius 3 is 2.26 bits per heavy atom. The smallest absolute Gasteiger partial charge is 0.336 e. The Hall–Kier alpha value is -3.74. The predicted octanol–water partition coefficient (Wildman–Crippen LogP) is 3.47. The highest BCUT2D eigenvalue weighted by atomic mass is 16.5. The summed E-state index contributed by atoms with van der Waals surface area (Å²) < 4.78 is 10.7. The summed E-state index contributed by atoms with van der Waals surface area (Å²) in [6.07, 6.45) is 0. The first-order valence-corrected chi connectivity index (χ1v) is 9.95. The van der Waals surface area contributed by atoms with Crippen molar-refractivity contribution in [2.24, 2.45) is 5.92 Å². The summed E-state index contributed by atoms with van der Waals surface area (Å²) in [5.74, 6) is -2.11. The van der Waals surface area contributed by atoms with Crippen LogP contribution in [0.1, 0.15) is 45.7 Å². The molecule has 1 aliphatic rings. The number of esters is 1. The molecular formula is C24H21NO6. The van der Waals surface area contributed by atoms with Gasteiger partial charge in [0.15, 0.2) is 0 Å². The van der Waals surface area contributed by atoms with Crippen molar-refractivity contribution < 1.29 is 23.5 Å². The van der Waals surface area contributed by atoms with Crippen molar-refractivity contribution in [3.63, 3.8) is 0 Å². The van der Waals surface area contributed by atoms with Crippen LogP contribution in [-0.4, -0.2) is 28.7 Å². The van der Waals surface area contributed by atoms with E-state index < -0.39 is 29.5 Å². The molecule has 0 unspecified atom stereocenters. The van der Waals surface area contributed by atoms with Crippen LogP contribution < -0.4 is 5.63 Å². The van der Waals surface area contributed by atoms with Gasteiger partial charge in [-0.25, -0.2) is 9.59 Å². The zero-order valence-electron chi connectivity index (χ0n) is 17.4. The van der Waals surface area contributed by atoms with Crippen LogP contribution in [0.15, 0.2) is 57.7 Å². The number of aryl methyl sites for hydroxylation is 1. The number of benzene rings is 2. The normalized spacial score (nSPS) is 14.3. The van der Waals surface area contributed by atoms with Crippen LogP contribution in [0, 0.1) is 12.8 Å². The fourth-order valence-corrected chi connectivity index (χ4v) is 3.83. The van der Waals surface area contributed by atoms with E-state index in [1.54, 1.807) is 50.2 Å². The molecule has 0 saturated carbocycles. The maximum Gasteiger partial charge on any atom is 0.336 e. The molecule has 4 rings (SSSR count). The number of rotatable bonds is 5. The third kappa shape index (κ3) is 3.63. The summed E-state index contributed by atoms with van der Waals surface area (Å²) in [6.45, 7) is 5.17. The fraction of sp³-hybridized carbons (Fsp3) is 0.250. The van der Waals surface area contributed by atoms with Crippen molar-refractivity contribution in [2.75, 3.05) is 0 Å². The molecule has 0 radical (unpaired) electrons. The molecule has 2 amide bonds. The van der Waals surface area contributed by atoms with E-state index in [2.05, 4.69) is 0 Å². The van der Waals surface area contributed by atoms with Gasteiger partial charge in [0.1, 0.15) is 18.2 Å². The lowest BCUT2D eigenvalue weighted by atomic mass is 10.0. The average molecular weight is 419 g/mol. The number of amides is 2. The van der Waals surface area contributed by atoms with E-state index in [9.17, 15) is 19.2 Å². The lowest BCUT2D eigenvalue weighted by Gasteiger charge is -2.27. The second-order valence-electron chi connectivity index (χ2n) is 7.91. The van der Waals surface area contributed by atoms with E-state index in [1.807, 2.05) is 13.0 Å². The molecule has 1 aromatic heterocycles. The van der Waals surface area contributed by atoms with Crippen molar-refractivity contribution in [3.8, 4) is 0 Å². The topological polar surface area (TPSA) is 93.9 Å². The number of carbonyl (C=O) groups excluding carboxylic acids is 3. The predicted molar refractivity (Wildman–Crippen MR) is 113 cm³/mol. The summed E-state index contributed by atoms with van der Waals surface area (Å²) in [5, 5.41) is 0.653. The maximum absolute atomic E-state index is 13.0. The van der Waals surface area contributed by atoms with Gasteiger partial charge in [0.2, 0.25) is 0 Å². The molecule has 1 aliphatic heterocycles. The number of fused-ring (bicyclic) bond motifs is 2. The Balaban J connectivity index is 1.60. The molecule has 0 spiro atoms. The lowest BCUT2D eigenvalue weighted by molar-refractivity contribution is -0.151. The molecule has 0 aliphatic carbocycles. The third-order valence-electron chi connectivity index (χ3n) is 5.33. The highest BCUT2D eigenvalue weighted by molar-refractivity contribution is 6.22. The summed E-state index contributed by atoms with van der Waals surface area (Å²) in [6, 6.07) is 12.1. The monoisotopic (exact) mass is 419 g/mol. The number of carbonyl (C=O) groups is 3. The van der Waals surface area contributed by atoms with E-state index >= 15 is 0 Å². The van der Waals surface area contributed by atoms with E-state index in [0.717, 1.165) is 10.5 Å². The molecule has 31 heavy (non-hydrogen) atoms. The summed E-state index contributed by atoms with van der Waals surface area (Å²) in [4.78, 5) is 51.5. The molecule has 0 N–H and O–H groups in total. The quantitative estimate of drug-likeness (QED) is 0.357. The second kappa shape index (κ2) is 7.83. The van der Waals surface area contributed by atoms with Gasteiger partial charge in [0.25, 0.3) is 11.8 Å². The van der Waals surface area contributed by atoms with E-state index in [0.29, 0.717) is 16.5 Å². The fourth-order valence-electron chi connectivity index (χ4n) is 3.83. The first-order chi connectivity index (χ1) is 14.8. The molecule has 2 aromatic carbocycles. The summed E-state index contributed by atoms with van der Waals surface area (Å²) in [7, 11) is 0. The molecule has 7 heteroatoms. The Bertz CT molecular complexity index is 1240.